The maximum atomic E-state index is 12.0. The summed E-state index contributed by atoms with van der Waals surface area (Å²) < 4.78 is 17.0. The second kappa shape index (κ2) is 9.09. The van der Waals surface area contributed by atoms with Crippen molar-refractivity contribution in [3.63, 3.8) is 0 Å². The smallest absolute Gasteiger partial charge is 0.306 e. The van der Waals surface area contributed by atoms with E-state index in [0.717, 1.165) is 0 Å². The van der Waals surface area contributed by atoms with Crippen LogP contribution in [0.15, 0.2) is 18.3 Å². The van der Waals surface area contributed by atoms with Gasteiger partial charge in [-0.05, 0) is 31.9 Å². The Morgan fingerprint density at radius 3 is 2.64 bits per heavy atom. The fraction of sp³-hybridized carbons (Fsp3) is 0.533. The first kappa shape index (κ1) is 18.0. The van der Waals surface area contributed by atoms with E-state index in [9.17, 15) is 19.1 Å². The molecule has 0 aliphatic heterocycles. The van der Waals surface area contributed by atoms with Crippen molar-refractivity contribution in [2.24, 2.45) is 11.7 Å². The normalized spacial score (nSPS) is 13.4. The average Bonchev–Trinajstić information content (AvgIpc) is 2.49. The molecule has 2 atom stereocenters. The molecule has 0 fully saturated rings. The van der Waals surface area contributed by atoms with Crippen LogP contribution in [0.25, 0.3) is 0 Å². The van der Waals surface area contributed by atoms with Crippen LogP contribution in [-0.2, 0) is 16.0 Å². The highest BCUT2D eigenvalue weighted by molar-refractivity contribution is 5.81. The molecular weight excluding hydrogens is 291 g/mol. The molecule has 122 valence electrons. The molecule has 0 radical (unpaired) electrons. The molecule has 0 aliphatic carbocycles. The number of carboxylic acids is 1. The molecule has 0 bridgehead atoms. The number of carbonyl (C=O) groups is 2. The number of alkyl halides is 1. The van der Waals surface area contributed by atoms with Gasteiger partial charge in [0.25, 0.3) is 0 Å². The third kappa shape index (κ3) is 6.17. The number of aliphatic carboxylic acids is 1. The Morgan fingerprint density at radius 1 is 1.41 bits per heavy atom. The highest BCUT2D eigenvalue weighted by Crippen LogP contribution is 2.17. The number of hydrogen-bond acceptors (Lipinski definition) is 5. The monoisotopic (exact) mass is 312 g/mol. The number of halogens is 1. The van der Waals surface area contributed by atoms with E-state index in [-0.39, 0.29) is 18.8 Å². The number of ketones is 1. The van der Waals surface area contributed by atoms with Crippen molar-refractivity contribution in [3.8, 4) is 5.75 Å². The lowest BCUT2D eigenvalue weighted by molar-refractivity contribution is -0.142. The third-order valence-electron chi connectivity index (χ3n) is 3.30. The Kier molecular flexibility index (Phi) is 7.45. The van der Waals surface area contributed by atoms with Gasteiger partial charge in [0, 0.05) is 12.1 Å². The zero-order chi connectivity index (χ0) is 16.5. The van der Waals surface area contributed by atoms with Crippen LogP contribution in [0.5, 0.6) is 5.75 Å². The Balaban J connectivity index is 2.59. The van der Waals surface area contributed by atoms with E-state index in [1.54, 1.807) is 12.1 Å². The molecule has 0 aromatic carbocycles. The number of carbonyl (C=O) groups excluding carboxylic acids is 1. The molecular formula is C15H21FN2O4. The quantitative estimate of drug-likeness (QED) is 0.676. The van der Waals surface area contributed by atoms with Crippen LogP contribution in [0.1, 0.15) is 25.5 Å². The number of nitrogens with two attached hydrogens (primary N) is 1. The zero-order valence-corrected chi connectivity index (χ0v) is 12.5. The SMILES string of the molecule is CC(=O)[C@@H](N)CCC(Cc1ccc(OCCF)cn1)C(=O)O. The predicted octanol–water partition coefficient (Wildman–Crippen LogP) is 1.37. The highest BCUT2D eigenvalue weighted by Gasteiger charge is 2.21. The fourth-order valence-corrected chi connectivity index (χ4v) is 1.92. The van der Waals surface area contributed by atoms with Gasteiger partial charge in [0.1, 0.15) is 24.8 Å². The number of carboxylic acid groups (broad SMARTS) is 1. The molecule has 7 heteroatoms. The molecule has 1 unspecified atom stereocenters. The summed E-state index contributed by atoms with van der Waals surface area (Å²) in [5, 5.41) is 9.24. The van der Waals surface area contributed by atoms with E-state index in [1.807, 2.05) is 0 Å². The van der Waals surface area contributed by atoms with Gasteiger partial charge in [-0.2, -0.15) is 0 Å². The summed E-state index contributed by atoms with van der Waals surface area (Å²) in [6.45, 7) is 0.763. The number of nitrogens with zero attached hydrogens (tertiary/aromatic N) is 1. The van der Waals surface area contributed by atoms with Gasteiger partial charge in [-0.15, -0.1) is 0 Å². The van der Waals surface area contributed by atoms with Gasteiger partial charge >= 0.3 is 5.97 Å². The van der Waals surface area contributed by atoms with Crippen molar-refractivity contribution in [2.45, 2.75) is 32.2 Å². The number of ether oxygens (including phenoxy) is 1. The molecule has 0 saturated heterocycles. The van der Waals surface area contributed by atoms with Crippen molar-refractivity contribution in [1.82, 2.24) is 4.98 Å². The van der Waals surface area contributed by atoms with Crippen LogP contribution >= 0.6 is 0 Å². The van der Waals surface area contributed by atoms with Crippen molar-refractivity contribution < 1.29 is 23.8 Å². The Morgan fingerprint density at radius 2 is 2.14 bits per heavy atom. The molecule has 1 aromatic rings. The average molecular weight is 312 g/mol. The molecule has 6 nitrogen and oxygen atoms in total. The number of aromatic nitrogens is 1. The van der Waals surface area contributed by atoms with E-state index >= 15 is 0 Å². The Hall–Kier alpha value is -2.02. The van der Waals surface area contributed by atoms with Gasteiger partial charge in [0.15, 0.2) is 0 Å². The minimum absolute atomic E-state index is 0.0400. The lowest BCUT2D eigenvalue weighted by Crippen LogP contribution is -2.30. The van der Waals surface area contributed by atoms with Crippen LogP contribution in [0, 0.1) is 5.92 Å². The van der Waals surface area contributed by atoms with E-state index in [0.29, 0.717) is 24.3 Å². The van der Waals surface area contributed by atoms with Crippen LogP contribution in [0.2, 0.25) is 0 Å². The van der Waals surface area contributed by atoms with Crippen molar-refractivity contribution in [2.75, 3.05) is 13.3 Å². The molecule has 1 rings (SSSR count). The summed E-state index contributed by atoms with van der Waals surface area (Å²) in [6.07, 6.45) is 2.30. The molecule has 0 spiro atoms. The minimum atomic E-state index is -0.949. The molecule has 1 heterocycles. The standard InChI is InChI=1S/C15H21FN2O4/c1-10(19)14(17)5-2-11(15(20)21)8-12-3-4-13(9-18-12)22-7-6-16/h3-4,9,11,14H,2,5-8,17H2,1H3,(H,20,21)/t11?,14-/m0/s1. The largest absolute Gasteiger partial charge is 0.489 e. The van der Waals surface area contributed by atoms with Gasteiger partial charge in [0.05, 0.1) is 18.2 Å². The van der Waals surface area contributed by atoms with E-state index in [1.165, 1.54) is 13.1 Å². The molecule has 3 N–H and O–H groups in total. The molecule has 0 aliphatic rings. The van der Waals surface area contributed by atoms with E-state index in [2.05, 4.69) is 4.98 Å². The van der Waals surface area contributed by atoms with Gasteiger partial charge in [0.2, 0.25) is 0 Å². The summed E-state index contributed by atoms with van der Waals surface area (Å²) in [5.41, 5.74) is 6.21. The Labute approximate surface area is 128 Å². The van der Waals surface area contributed by atoms with Gasteiger partial charge in [-0.25, -0.2) is 4.39 Å². The number of hydrogen-bond donors (Lipinski definition) is 2. The number of Topliss-reactive ketones (excluding diaryl/α,β-unsaturated/α-hetero) is 1. The first-order chi connectivity index (χ1) is 10.4. The maximum absolute atomic E-state index is 12.0. The Bertz CT molecular complexity index is 493. The van der Waals surface area contributed by atoms with Gasteiger partial charge in [-0.3, -0.25) is 14.6 Å². The van der Waals surface area contributed by atoms with Crippen LogP contribution in [-0.4, -0.2) is 41.2 Å². The summed E-state index contributed by atoms with van der Waals surface area (Å²) in [5.74, 6) is -1.32. The second-order valence-electron chi connectivity index (χ2n) is 5.06. The lowest BCUT2D eigenvalue weighted by Gasteiger charge is -2.14. The van der Waals surface area contributed by atoms with Crippen LogP contribution < -0.4 is 10.5 Å². The van der Waals surface area contributed by atoms with Crippen molar-refractivity contribution in [3.05, 3.63) is 24.0 Å². The third-order valence-corrected chi connectivity index (χ3v) is 3.30. The summed E-state index contributed by atoms with van der Waals surface area (Å²) >= 11 is 0. The van der Waals surface area contributed by atoms with Gasteiger partial charge in [-0.1, -0.05) is 0 Å². The van der Waals surface area contributed by atoms with Crippen molar-refractivity contribution in [1.29, 1.82) is 0 Å². The van der Waals surface area contributed by atoms with E-state index < -0.39 is 24.6 Å². The lowest BCUT2D eigenvalue weighted by atomic mass is 9.94. The summed E-state index contributed by atoms with van der Waals surface area (Å²) in [7, 11) is 0. The van der Waals surface area contributed by atoms with E-state index in [4.69, 9.17) is 10.5 Å². The number of pyridine rings is 1. The highest BCUT2D eigenvalue weighted by atomic mass is 19.1. The first-order valence-corrected chi connectivity index (χ1v) is 7.06. The maximum Gasteiger partial charge on any atom is 0.306 e. The van der Waals surface area contributed by atoms with Crippen molar-refractivity contribution >= 4 is 11.8 Å². The summed E-state index contributed by atoms with van der Waals surface area (Å²) in [4.78, 5) is 26.5. The topological polar surface area (TPSA) is 103 Å². The second-order valence-corrected chi connectivity index (χ2v) is 5.06. The van der Waals surface area contributed by atoms with Crippen LogP contribution in [0.4, 0.5) is 4.39 Å². The minimum Gasteiger partial charge on any atom is -0.489 e. The zero-order valence-electron chi connectivity index (χ0n) is 12.5. The predicted molar refractivity (Wildman–Crippen MR) is 78.4 cm³/mol. The van der Waals surface area contributed by atoms with Gasteiger partial charge < -0.3 is 15.6 Å². The molecule has 1 aromatic heterocycles. The number of rotatable bonds is 10. The first-order valence-electron chi connectivity index (χ1n) is 7.06. The molecule has 22 heavy (non-hydrogen) atoms. The summed E-state index contributed by atoms with van der Waals surface area (Å²) in [6, 6.07) is 2.64. The molecule has 0 saturated carbocycles. The molecule has 0 amide bonds. The van der Waals surface area contributed by atoms with Crippen LogP contribution in [0.3, 0.4) is 0 Å². The fourth-order valence-electron chi connectivity index (χ4n) is 1.92.